The highest BCUT2D eigenvalue weighted by atomic mass is 19.1. The molecule has 0 atom stereocenters. The molecule has 0 aliphatic heterocycles. The van der Waals surface area contributed by atoms with Crippen LogP contribution in [0, 0.1) is 31.5 Å². The first-order valence-electron chi connectivity index (χ1n) is 8.02. The van der Waals surface area contributed by atoms with E-state index in [4.69, 9.17) is 0 Å². The molecule has 0 aliphatic rings. The molecule has 0 fully saturated rings. The summed E-state index contributed by atoms with van der Waals surface area (Å²) in [5.41, 5.74) is 4.58. The van der Waals surface area contributed by atoms with Crippen LogP contribution in [-0.4, -0.2) is 4.98 Å². The van der Waals surface area contributed by atoms with Crippen molar-refractivity contribution in [3.8, 4) is 11.8 Å². The van der Waals surface area contributed by atoms with Gasteiger partial charge in [0.15, 0.2) is 0 Å². The molecule has 0 N–H and O–H groups in total. The van der Waals surface area contributed by atoms with Gasteiger partial charge in [-0.15, -0.1) is 0 Å². The van der Waals surface area contributed by atoms with Gasteiger partial charge in [-0.1, -0.05) is 36.1 Å². The van der Waals surface area contributed by atoms with E-state index in [1.165, 1.54) is 17.7 Å². The van der Waals surface area contributed by atoms with Gasteiger partial charge in [0.05, 0.1) is 10.9 Å². The molecule has 0 aliphatic carbocycles. The molecule has 3 aromatic rings. The number of hydrogen-bond donors (Lipinski definition) is 0. The van der Waals surface area contributed by atoms with Crippen LogP contribution in [0.4, 0.5) is 4.39 Å². The van der Waals surface area contributed by atoms with Crippen LogP contribution in [0.15, 0.2) is 48.7 Å². The summed E-state index contributed by atoms with van der Waals surface area (Å²) in [6.45, 7) is 8.13. The van der Waals surface area contributed by atoms with Crippen molar-refractivity contribution >= 4 is 10.9 Å². The van der Waals surface area contributed by atoms with Crippen LogP contribution >= 0.6 is 0 Å². The second-order valence-corrected chi connectivity index (χ2v) is 6.70. The second-order valence-electron chi connectivity index (χ2n) is 6.70. The van der Waals surface area contributed by atoms with Crippen LogP contribution < -0.4 is 0 Å². The molecule has 2 aromatic carbocycles. The fourth-order valence-corrected chi connectivity index (χ4v) is 2.68. The molecule has 2 heteroatoms. The van der Waals surface area contributed by atoms with Crippen LogP contribution in [0.5, 0.6) is 0 Å². The van der Waals surface area contributed by atoms with Crippen molar-refractivity contribution in [2.45, 2.75) is 33.1 Å². The third-order valence-electron chi connectivity index (χ3n) is 4.34. The van der Waals surface area contributed by atoms with E-state index in [0.29, 0.717) is 0 Å². The lowest BCUT2D eigenvalue weighted by Gasteiger charge is -2.18. The van der Waals surface area contributed by atoms with Crippen molar-refractivity contribution in [3.63, 3.8) is 0 Å². The number of pyridine rings is 1. The molecule has 0 unspecified atom stereocenters. The van der Waals surface area contributed by atoms with Crippen molar-refractivity contribution in [3.05, 3.63) is 76.7 Å². The minimum absolute atomic E-state index is 0.259. The maximum Gasteiger partial charge on any atom is 0.124 e. The van der Waals surface area contributed by atoms with Crippen molar-refractivity contribution in [1.29, 1.82) is 0 Å². The third kappa shape index (κ3) is 3.16. The Bertz CT molecular complexity index is 974. The van der Waals surface area contributed by atoms with Gasteiger partial charge in [-0.05, 0) is 62.6 Å². The summed E-state index contributed by atoms with van der Waals surface area (Å²) >= 11 is 0. The average molecular weight is 317 g/mol. The van der Waals surface area contributed by atoms with Crippen molar-refractivity contribution in [2.24, 2.45) is 0 Å². The van der Waals surface area contributed by atoms with E-state index in [1.54, 1.807) is 6.07 Å². The second kappa shape index (κ2) is 6.09. The molecular weight excluding hydrogens is 297 g/mol. The molecule has 1 heterocycles. The fraction of sp³-hybridized carbons (Fsp3) is 0.227. The molecule has 3 rings (SSSR count). The zero-order valence-corrected chi connectivity index (χ0v) is 14.4. The molecule has 120 valence electrons. The lowest BCUT2D eigenvalue weighted by Crippen LogP contribution is -2.14. The van der Waals surface area contributed by atoms with Gasteiger partial charge in [-0.25, -0.2) is 4.39 Å². The maximum atomic E-state index is 13.4. The van der Waals surface area contributed by atoms with E-state index in [0.717, 1.165) is 27.6 Å². The number of aromatic nitrogens is 1. The van der Waals surface area contributed by atoms with Gasteiger partial charge in [-0.3, -0.25) is 4.98 Å². The number of nitrogens with zero attached hydrogens (tertiary/aromatic N) is 1. The molecule has 0 bridgehead atoms. The van der Waals surface area contributed by atoms with E-state index >= 15 is 0 Å². The van der Waals surface area contributed by atoms with E-state index < -0.39 is 0 Å². The van der Waals surface area contributed by atoms with Gasteiger partial charge in [0.1, 0.15) is 5.82 Å². The largest absolute Gasteiger partial charge is 0.256 e. The normalized spacial score (nSPS) is 11.2. The Morgan fingerprint density at radius 3 is 2.58 bits per heavy atom. The van der Waals surface area contributed by atoms with Gasteiger partial charge in [0.25, 0.3) is 0 Å². The van der Waals surface area contributed by atoms with Gasteiger partial charge in [0.2, 0.25) is 0 Å². The summed E-state index contributed by atoms with van der Waals surface area (Å²) in [5.74, 6) is 6.16. The molecule has 0 radical (unpaired) electrons. The Balaban J connectivity index is 2.02. The van der Waals surface area contributed by atoms with Gasteiger partial charge >= 0.3 is 0 Å². The van der Waals surface area contributed by atoms with Gasteiger partial charge in [0, 0.05) is 17.1 Å². The zero-order chi connectivity index (χ0) is 17.3. The molecule has 1 aromatic heterocycles. The Kier molecular flexibility index (Phi) is 4.11. The molecule has 0 spiro atoms. The molecule has 24 heavy (non-hydrogen) atoms. The minimum Gasteiger partial charge on any atom is -0.256 e. The number of aryl methyl sites for hydroxylation is 2. The Labute approximate surface area is 142 Å². The lowest BCUT2D eigenvalue weighted by atomic mass is 9.85. The Morgan fingerprint density at radius 2 is 1.79 bits per heavy atom. The van der Waals surface area contributed by atoms with Crippen LogP contribution in [0.25, 0.3) is 10.9 Å². The summed E-state index contributed by atoms with van der Waals surface area (Å²) in [5, 5.41) is 1.12. The van der Waals surface area contributed by atoms with Crippen molar-refractivity contribution < 1.29 is 4.39 Å². The Morgan fingerprint density at radius 1 is 1.00 bits per heavy atom. The van der Waals surface area contributed by atoms with Crippen molar-refractivity contribution in [2.75, 3.05) is 0 Å². The first-order valence-corrected chi connectivity index (χ1v) is 8.02. The third-order valence-corrected chi connectivity index (χ3v) is 4.34. The number of hydrogen-bond acceptors (Lipinski definition) is 1. The maximum absolute atomic E-state index is 13.4. The van der Waals surface area contributed by atoms with Crippen LogP contribution in [-0.2, 0) is 5.41 Å². The standard InChI is InChI=1S/C22H20FN/c1-15-8-9-20(23)13-17(15)10-11-22(3,4)19-12-18-7-5-6-16(2)21(18)24-14-19/h5-9,12-14H,1-4H3. The van der Waals surface area contributed by atoms with E-state index in [9.17, 15) is 4.39 Å². The smallest absolute Gasteiger partial charge is 0.124 e. The molecule has 0 amide bonds. The summed E-state index contributed by atoms with van der Waals surface area (Å²) < 4.78 is 13.4. The first-order chi connectivity index (χ1) is 11.4. The average Bonchev–Trinajstić information content (AvgIpc) is 2.56. The predicted octanol–water partition coefficient (Wildman–Crippen LogP) is 5.32. The summed E-state index contributed by atoms with van der Waals surface area (Å²) in [6, 6.07) is 13.0. The highest BCUT2D eigenvalue weighted by Crippen LogP contribution is 2.26. The Hall–Kier alpha value is -2.66. The summed E-state index contributed by atoms with van der Waals surface area (Å²) in [7, 11) is 0. The van der Waals surface area contributed by atoms with E-state index in [-0.39, 0.29) is 11.2 Å². The van der Waals surface area contributed by atoms with Crippen LogP contribution in [0.1, 0.15) is 36.1 Å². The van der Waals surface area contributed by atoms with Crippen molar-refractivity contribution in [1.82, 2.24) is 4.98 Å². The van der Waals surface area contributed by atoms with Gasteiger partial charge in [-0.2, -0.15) is 0 Å². The quantitative estimate of drug-likeness (QED) is 0.554. The highest BCUT2D eigenvalue weighted by Gasteiger charge is 2.19. The molecule has 0 saturated heterocycles. The number of para-hydroxylation sites is 1. The first kappa shape index (κ1) is 16.2. The van der Waals surface area contributed by atoms with Gasteiger partial charge < -0.3 is 0 Å². The number of rotatable bonds is 1. The van der Waals surface area contributed by atoms with E-state index in [1.807, 2.05) is 19.2 Å². The molecule has 0 saturated carbocycles. The SMILES string of the molecule is Cc1ccc(F)cc1C#CC(C)(C)c1cnc2c(C)cccc2c1. The van der Waals surface area contributed by atoms with Crippen LogP contribution in [0.3, 0.4) is 0 Å². The summed E-state index contributed by atoms with van der Waals surface area (Å²) in [4.78, 5) is 4.61. The monoisotopic (exact) mass is 317 g/mol. The topological polar surface area (TPSA) is 12.9 Å². The number of benzene rings is 2. The summed E-state index contributed by atoms with van der Waals surface area (Å²) in [6.07, 6.45) is 1.89. The molecule has 1 nitrogen and oxygen atoms in total. The lowest BCUT2D eigenvalue weighted by molar-refractivity contribution is 0.627. The number of halogens is 1. The fourth-order valence-electron chi connectivity index (χ4n) is 2.68. The molecular formula is C22H20FN. The van der Waals surface area contributed by atoms with Crippen LogP contribution in [0.2, 0.25) is 0 Å². The zero-order valence-electron chi connectivity index (χ0n) is 14.4. The predicted molar refractivity (Wildman–Crippen MR) is 97.5 cm³/mol. The highest BCUT2D eigenvalue weighted by molar-refractivity contribution is 5.82. The minimum atomic E-state index is -0.371. The van der Waals surface area contributed by atoms with E-state index in [2.05, 4.69) is 55.8 Å². The number of fused-ring (bicyclic) bond motifs is 1.